The van der Waals surface area contributed by atoms with E-state index in [4.69, 9.17) is 32.7 Å². The van der Waals surface area contributed by atoms with Crippen molar-refractivity contribution in [3.63, 3.8) is 0 Å². The highest BCUT2D eigenvalue weighted by atomic mass is 35.5. The van der Waals surface area contributed by atoms with E-state index in [0.717, 1.165) is 16.3 Å². The molecule has 1 heterocycles. The van der Waals surface area contributed by atoms with Gasteiger partial charge in [-0.25, -0.2) is 4.98 Å². The number of hydrogen-bond acceptors (Lipinski definition) is 4. The van der Waals surface area contributed by atoms with Crippen molar-refractivity contribution in [1.29, 1.82) is 0 Å². The molecule has 0 saturated carbocycles. The fraction of sp³-hybridized carbons (Fsp3) is 0.308. The summed E-state index contributed by atoms with van der Waals surface area (Å²) in [5.41, 5.74) is 1.69. The molecule has 0 fully saturated rings. The molecule has 0 unspecified atom stereocenters. The van der Waals surface area contributed by atoms with E-state index in [1.165, 1.54) is 0 Å². The van der Waals surface area contributed by atoms with Crippen LogP contribution in [0.2, 0.25) is 5.02 Å². The molecule has 0 saturated heterocycles. The van der Waals surface area contributed by atoms with Crippen LogP contribution in [0.3, 0.4) is 0 Å². The molecule has 0 bridgehead atoms. The molecule has 19 heavy (non-hydrogen) atoms. The van der Waals surface area contributed by atoms with E-state index in [9.17, 15) is 0 Å². The van der Waals surface area contributed by atoms with Gasteiger partial charge < -0.3 is 9.47 Å². The van der Waals surface area contributed by atoms with Crippen molar-refractivity contribution in [2.45, 2.75) is 19.4 Å². The van der Waals surface area contributed by atoms with E-state index in [1.54, 1.807) is 30.6 Å². The lowest BCUT2D eigenvalue weighted by Gasteiger charge is -2.13. The molecular formula is C13H13Cl2NO2S. The van der Waals surface area contributed by atoms with Gasteiger partial charge in [0.1, 0.15) is 6.61 Å². The summed E-state index contributed by atoms with van der Waals surface area (Å²) < 4.78 is 11.1. The van der Waals surface area contributed by atoms with E-state index in [1.807, 2.05) is 12.3 Å². The van der Waals surface area contributed by atoms with Gasteiger partial charge in [-0.15, -0.1) is 22.9 Å². The maximum Gasteiger partial charge on any atom is 0.166 e. The highest BCUT2D eigenvalue weighted by Crippen LogP contribution is 2.36. The fourth-order valence-corrected chi connectivity index (χ4v) is 2.68. The minimum Gasteiger partial charge on any atom is -0.493 e. The van der Waals surface area contributed by atoms with Crippen LogP contribution in [0.15, 0.2) is 17.5 Å². The van der Waals surface area contributed by atoms with Crippen LogP contribution in [0.4, 0.5) is 0 Å². The molecule has 0 aliphatic carbocycles. The van der Waals surface area contributed by atoms with E-state index in [-0.39, 0.29) is 0 Å². The lowest BCUT2D eigenvalue weighted by Crippen LogP contribution is -2.01. The van der Waals surface area contributed by atoms with Gasteiger partial charge in [-0.05, 0) is 13.0 Å². The van der Waals surface area contributed by atoms with Crippen molar-refractivity contribution in [1.82, 2.24) is 4.98 Å². The summed E-state index contributed by atoms with van der Waals surface area (Å²) >= 11 is 13.5. The van der Waals surface area contributed by atoms with Gasteiger partial charge in [-0.1, -0.05) is 11.6 Å². The van der Waals surface area contributed by atoms with Crippen molar-refractivity contribution in [3.8, 4) is 11.5 Å². The monoisotopic (exact) mass is 317 g/mol. The van der Waals surface area contributed by atoms with E-state index in [0.29, 0.717) is 29.0 Å². The zero-order valence-electron chi connectivity index (χ0n) is 10.6. The van der Waals surface area contributed by atoms with Gasteiger partial charge in [0.2, 0.25) is 0 Å². The van der Waals surface area contributed by atoms with Crippen molar-refractivity contribution < 1.29 is 9.47 Å². The van der Waals surface area contributed by atoms with Crippen molar-refractivity contribution in [3.05, 3.63) is 38.8 Å². The molecule has 1 aromatic heterocycles. The minimum absolute atomic E-state index is 0.308. The number of benzene rings is 1. The Bertz CT molecular complexity index is 547. The molecule has 102 valence electrons. The Morgan fingerprint density at radius 3 is 2.74 bits per heavy atom. The molecule has 1 aromatic carbocycles. The molecule has 0 amide bonds. The maximum atomic E-state index is 6.00. The summed E-state index contributed by atoms with van der Waals surface area (Å²) in [6.45, 7) is 2.34. The Labute approximate surface area is 126 Å². The van der Waals surface area contributed by atoms with Crippen LogP contribution in [0, 0.1) is 6.92 Å². The van der Waals surface area contributed by atoms with Crippen LogP contribution < -0.4 is 9.47 Å². The number of alkyl halides is 1. The summed E-state index contributed by atoms with van der Waals surface area (Å²) in [5.74, 6) is 1.50. The summed E-state index contributed by atoms with van der Waals surface area (Å²) in [6.07, 6.45) is 0. The smallest absolute Gasteiger partial charge is 0.166 e. The van der Waals surface area contributed by atoms with Crippen molar-refractivity contribution in [2.24, 2.45) is 0 Å². The first-order valence-corrected chi connectivity index (χ1v) is 7.39. The standard InChI is InChI=1S/C13H13Cl2NO2S/c1-8-16-11(7-19-8)6-18-13-9(5-14)3-10(15)4-12(13)17-2/h3-4,7H,5-6H2,1-2H3. The molecule has 0 atom stereocenters. The number of aryl methyl sites for hydroxylation is 1. The Morgan fingerprint density at radius 2 is 2.16 bits per heavy atom. The molecule has 6 heteroatoms. The highest BCUT2D eigenvalue weighted by Gasteiger charge is 2.13. The molecule has 0 aliphatic rings. The first-order valence-electron chi connectivity index (χ1n) is 5.60. The number of halogens is 2. The van der Waals surface area contributed by atoms with Gasteiger partial charge in [0.05, 0.1) is 23.7 Å². The third-order valence-electron chi connectivity index (χ3n) is 2.49. The van der Waals surface area contributed by atoms with Gasteiger partial charge in [0, 0.05) is 22.0 Å². The minimum atomic E-state index is 0.308. The number of rotatable bonds is 5. The van der Waals surface area contributed by atoms with Gasteiger partial charge in [0.25, 0.3) is 0 Å². The third-order valence-corrected chi connectivity index (χ3v) is 3.82. The molecule has 0 aliphatic heterocycles. The summed E-state index contributed by atoms with van der Waals surface area (Å²) in [7, 11) is 1.57. The third kappa shape index (κ3) is 3.53. The van der Waals surface area contributed by atoms with E-state index < -0.39 is 0 Å². The number of nitrogens with zero attached hydrogens (tertiary/aromatic N) is 1. The number of hydrogen-bond donors (Lipinski definition) is 0. The first kappa shape index (κ1) is 14.4. The number of methoxy groups -OCH3 is 1. The van der Waals surface area contributed by atoms with Crippen LogP contribution >= 0.6 is 34.5 Å². The van der Waals surface area contributed by atoms with Crippen LogP contribution in [-0.2, 0) is 12.5 Å². The Balaban J connectivity index is 2.23. The predicted octanol–water partition coefficient (Wildman–Crippen LogP) is 4.43. The summed E-state index contributed by atoms with van der Waals surface area (Å²) in [4.78, 5) is 4.35. The van der Waals surface area contributed by atoms with E-state index in [2.05, 4.69) is 4.98 Å². The highest BCUT2D eigenvalue weighted by molar-refractivity contribution is 7.09. The SMILES string of the molecule is COc1cc(Cl)cc(CCl)c1OCc1csc(C)n1. The average Bonchev–Trinajstić information content (AvgIpc) is 2.81. The normalized spacial score (nSPS) is 10.5. The molecule has 0 spiro atoms. The second-order valence-electron chi connectivity index (χ2n) is 3.88. The quantitative estimate of drug-likeness (QED) is 0.764. The second-order valence-corrected chi connectivity index (χ2v) is 5.64. The van der Waals surface area contributed by atoms with E-state index >= 15 is 0 Å². The predicted molar refractivity (Wildman–Crippen MR) is 78.7 cm³/mol. The second kappa shape index (κ2) is 6.46. The number of ether oxygens (including phenoxy) is 2. The van der Waals surface area contributed by atoms with Crippen molar-refractivity contribution >= 4 is 34.5 Å². The van der Waals surface area contributed by atoms with Gasteiger partial charge in [-0.3, -0.25) is 0 Å². The molecule has 2 aromatic rings. The van der Waals surface area contributed by atoms with Crippen LogP contribution in [0.1, 0.15) is 16.3 Å². The molecule has 3 nitrogen and oxygen atoms in total. The Kier molecular flexibility index (Phi) is 4.91. The molecule has 2 rings (SSSR count). The largest absolute Gasteiger partial charge is 0.493 e. The Morgan fingerprint density at radius 1 is 1.37 bits per heavy atom. The van der Waals surface area contributed by atoms with Gasteiger partial charge in [-0.2, -0.15) is 0 Å². The average molecular weight is 318 g/mol. The molecule has 0 N–H and O–H groups in total. The van der Waals surface area contributed by atoms with Gasteiger partial charge in [0.15, 0.2) is 11.5 Å². The Hall–Kier alpha value is -0.970. The van der Waals surface area contributed by atoms with Crippen LogP contribution in [-0.4, -0.2) is 12.1 Å². The van der Waals surface area contributed by atoms with Crippen LogP contribution in [0.5, 0.6) is 11.5 Å². The van der Waals surface area contributed by atoms with Gasteiger partial charge >= 0.3 is 0 Å². The fourth-order valence-electron chi connectivity index (χ4n) is 1.66. The number of thiazole rings is 1. The lowest BCUT2D eigenvalue weighted by atomic mass is 10.2. The lowest BCUT2D eigenvalue weighted by molar-refractivity contribution is 0.279. The maximum absolute atomic E-state index is 6.00. The zero-order valence-corrected chi connectivity index (χ0v) is 12.9. The molecule has 0 radical (unpaired) electrons. The summed E-state index contributed by atoms with van der Waals surface area (Å²) in [5, 5.41) is 3.56. The van der Waals surface area contributed by atoms with Crippen molar-refractivity contribution in [2.75, 3.05) is 7.11 Å². The number of aromatic nitrogens is 1. The first-order chi connectivity index (χ1) is 9.13. The summed E-state index contributed by atoms with van der Waals surface area (Å²) in [6, 6.07) is 3.48. The molecular weight excluding hydrogens is 305 g/mol. The topological polar surface area (TPSA) is 31.4 Å². The van der Waals surface area contributed by atoms with Crippen LogP contribution in [0.25, 0.3) is 0 Å². The zero-order chi connectivity index (χ0) is 13.8.